The van der Waals surface area contributed by atoms with Gasteiger partial charge in [-0.15, -0.1) is 0 Å². The zero-order valence-corrected chi connectivity index (χ0v) is 21.0. The molecule has 39 heavy (non-hydrogen) atoms. The third-order valence-electron chi connectivity index (χ3n) is 6.93. The highest BCUT2D eigenvalue weighted by atomic mass is 19.4. The van der Waals surface area contributed by atoms with Gasteiger partial charge in [0.2, 0.25) is 5.91 Å². The van der Waals surface area contributed by atoms with E-state index in [1.807, 2.05) is 60.8 Å². The van der Waals surface area contributed by atoms with Gasteiger partial charge in [0.15, 0.2) is 0 Å². The third kappa shape index (κ3) is 5.82. The molecule has 0 radical (unpaired) electrons. The number of rotatable bonds is 5. The molecule has 0 spiro atoms. The van der Waals surface area contributed by atoms with E-state index in [9.17, 15) is 22.8 Å². The number of aromatic nitrogens is 1. The minimum Gasteiger partial charge on any atom is -0.399 e. The quantitative estimate of drug-likeness (QED) is 0.268. The van der Waals surface area contributed by atoms with Crippen molar-refractivity contribution < 1.29 is 22.8 Å². The van der Waals surface area contributed by atoms with Crippen molar-refractivity contribution in [2.75, 3.05) is 25.4 Å². The average Bonchev–Trinajstić information content (AvgIpc) is 3.34. The maximum absolute atomic E-state index is 13.6. The second-order valence-corrected chi connectivity index (χ2v) is 9.59. The summed E-state index contributed by atoms with van der Waals surface area (Å²) in [5, 5.41) is 0.987. The normalized spacial score (nSPS) is 16.2. The lowest BCUT2D eigenvalue weighted by atomic mass is 9.99. The number of H-pyrrole nitrogens is 1. The zero-order chi connectivity index (χ0) is 27.6. The van der Waals surface area contributed by atoms with Crippen molar-refractivity contribution in [2.45, 2.75) is 18.6 Å². The van der Waals surface area contributed by atoms with E-state index in [4.69, 9.17) is 5.73 Å². The summed E-state index contributed by atoms with van der Waals surface area (Å²) in [4.78, 5) is 33.1. The lowest BCUT2D eigenvalue weighted by Crippen LogP contribution is -2.57. The van der Waals surface area contributed by atoms with Gasteiger partial charge in [-0.2, -0.15) is 13.2 Å². The number of para-hydroxylation sites is 1. The number of carbonyl (C=O) groups excluding carboxylic acids is 2. The first-order valence-corrected chi connectivity index (χ1v) is 12.5. The van der Waals surface area contributed by atoms with E-state index in [1.165, 1.54) is 12.1 Å². The highest BCUT2D eigenvalue weighted by Crippen LogP contribution is 2.32. The molecule has 0 aliphatic carbocycles. The number of hydrogen-bond acceptors (Lipinski definition) is 3. The molecule has 1 aromatic heterocycles. The largest absolute Gasteiger partial charge is 0.416 e. The Kier molecular flexibility index (Phi) is 7.15. The molecule has 1 atom stereocenters. The van der Waals surface area contributed by atoms with Crippen molar-refractivity contribution >= 4 is 34.5 Å². The highest BCUT2D eigenvalue weighted by Gasteiger charge is 2.35. The summed E-state index contributed by atoms with van der Waals surface area (Å²) in [6.45, 7) is 0.660. The Bertz CT molecular complexity index is 1530. The third-order valence-corrected chi connectivity index (χ3v) is 6.93. The number of alkyl halides is 3. The number of amides is 2. The number of nitrogens with two attached hydrogens (primary N) is 1. The number of carbonyl (C=O) groups is 2. The van der Waals surface area contributed by atoms with E-state index in [0.29, 0.717) is 6.42 Å². The van der Waals surface area contributed by atoms with Crippen molar-refractivity contribution in [3.8, 4) is 0 Å². The molecule has 1 fully saturated rings. The van der Waals surface area contributed by atoms with Gasteiger partial charge < -0.3 is 20.5 Å². The number of nitrogens with zero attached hydrogens (tertiary/aromatic N) is 2. The Morgan fingerprint density at radius 2 is 1.74 bits per heavy atom. The molecule has 2 amide bonds. The van der Waals surface area contributed by atoms with Gasteiger partial charge in [-0.25, -0.2) is 0 Å². The van der Waals surface area contributed by atoms with Crippen LogP contribution >= 0.6 is 0 Å². The molecule has 1 aliphatic heterocycles. The average molecular weight is 533 g/mol. The number of anilines is 1. The summed E-state index contributed by atoms with van der Waals surface area (Å²) >= 11 is 0. The van der Waals surface area contributed by atoms with Crippen LogP contribution in [0.4, 0.5) is 18.9 Å². The number of nitrogen functional groups attached to an aromatic ring is 1. The van der Waals surface area contributed by atoms with E-state index < -0.39 is 23.7 Å². The van der Waals surface area contributed by atoms with Gasteiger partial charge in [0.1, 0.15) is 0 Å². The van der Waals surface area contributed by atoms with E-state index in [0.717, 1.165) is 34.2 Å². The van der Waals surface area contributed by atoms with Crippen LogP contribution in [0.1, 0.15) is 27.0 Å². The summed E-state index contributed by atoms with van der Waals surface area (Å²) in [6, 6.07) is 19.6. The SMILES string of the molecule is Nc1cc(C(=O)N2CCN(C(=O)/C=C/c3ccccc3)C[C@H]2Cc2c[nH]c3ccccc23)cc(C(F)(F)F)c1. The molecule has 1 saturated heterocycles. The Balaban J connectivity index is 1.43. The molecule has 200 valence electrons. The Morgan fingerprint density at radius 3 is 2.51 bits per heavy atom. The first-order valence-electron chi connectivity index (χ1n) is 12.5. The summed E-state index contributed by atoms with van der Waals surface area (Å²) in [7, 11) is 0. The molecule has 9 heteroatoms. The van der Waals surface area contributed by atoms with Crippen LogP contribution in [-0.2, 0) is 17.4 Å². The maximum Gasteiger partial charge on any atom is 0.416 e. The number of piperazine rings is 1. The van der Waals surface area contributed by atoms with Gasteiger partial charge in [0, 0.05) is 54.1 Å². The number of benzene rings is 3. The van der Waals surface area contributed by atoms with Crippen LogP contribution in [0.15, 0.2) is 85.1 Å². The lowest BCUT2D eigenvalue weighted by Gasteiger charge is -2.41. The minimum absolute atomic E-state index is 0.130. The summed E-state index contributed by atoms with van der Waals surface area (Å²) < 4.78 is 40.3. The molecular weight excluding hydrogens is 505 g/mol. The predicted molar refractivity (Wildman–Crippen MR) is 145 cm³/mol. The van der Waals surface area contributed by atoms with Crippen LogP contribution < -0.4 is 5.73 Å². The number of halogens is 3. The van der Waals surface area contributed by atoms with Gasteiger partial charge in [-0.1, -0.05) is 48.5 Å². The fourth-order valence-electron chi connectivity index (χ4n) is 4.99. The van der Waals surface area contributed by atoms with Gasteiger partial charge in [-0.05, 0) is 47.9 Å². The standard InChI is InChI=1S/C30H27F3N4O2/c31-30(32,33)23-14-21(15-24(34)17-23)29(39)37-13-12-36(28(38)11-10-20-6-2-1-3-7-20)19-25(37)16-22-18-35-27-9-5-4-8-26(22)27/h1-11,14-15,17-18,25,35H,12-13,16,19,34H2/b11-10+/t25-/m1/s1. The van der Waals surface area contributed by atoms with Gasteiger partial charge in [0.05, 0.1) is 11.6 Å². The van der Waals surface area contributed by atoms with Gasteiger partial charge in [0.25, 0.3) is 5.91 Å². The topological polar surface area (TPSA) is 82.4 Å². The summed E-state index contributed by atoms with van der Waals surface area (Å²) in [6.07, 6.45) is 0.884. The fraction of sp³-hybridized carbons (Fsp3) is 0.200. The molecule has 2 heterocycles. The number of nitrogens with one attached hydrogen (secondary N) is 1. The molecule has 4 aromatic rings. The van der Waals surface area contributed by atoms with E-state index in [-0.39, 0.29) is 36.8 Å². The first-order chi connectivity index (χ1) is 18.7. The van der Waals surface area contributed by atoms with Crippen molar-refractivity contribution in [1.29, 1.82) is 0 Å². The summed E-state index contributed by atoms with van der Waals surface area (Å²) in [5.41, 5.74) is 7.27. The van der Waals surface area contributed by atoms with E-state index in [2.05, 4.69) is 4.98 Å². The molecule has 0 unspecified atom stereocenters. The van der Waals surface area contributed by atoms with Crippen molar-refractivity contribution in [3.63, 3.8) is 0 Å². The molecular formula is C30H27F3N4O2. The van der Waals surface area contributed by atoms with Crippen LogP contribution in [0.25, 0.3) is 17.0 Å². The second-order valence-electron chi connectivity index (χ2n) is 9.59. The van der Waals surface area contributed by atoms with Crippen LogP contribution in [-0.4, -0.2) is 52.3 Å². The number of fused-ring (bicyclic) bond motifs is 1. The molecule has 6 nitrogen and oxygen atoms in total. The first kappa shape index (κ1) is 26.1. The number of aromatic amines is 1. The smallest absolute Gasteiger partial charge is 0.399 e. The van der Waals surface area contributed by atoms with Gasteiger partial charge >= 0.3 is 6.18 Å². The fourth-order valence-corrected chi connectivity index (χ4v) is 4.99. The van der Waals surface area contributed by atoms with Crippen molar-refractivity contribution in [3.05, 3.63) is 107 Å². The molecule has 5 rings (SSSR count). The van der Waals surface area contributed by atoms with Crippen LogP contribution in [0.2, 0.25) is 0 Å². The minimum atomic E-state index is -4.63. The molecule has 3 N–H and O–H groups in total. The van der Waals surface area contributed by atoms with Crippen LogP contribution in [0.3, 0.4) is 0 Å². The summed E-state index contributed by atoms with van der Waals surface area (Å²) in [5.74, 6) is -0.747. The molecule has 0 bridgehead atoms. The maximum atomic E-state index is 13.6. The zero-order valence-electron chi connectivity index (χ0n) is 21.0. The molecule has 0 saturated carbocycles. The second kappa shape index (κ2) is 10.7. The monoisotopic (exact) mass is 532 g/mol. The predicted octanol–water partition coefficient (Wildman–Crippen LogP) is 5.38. The van der Waals surface area contributed by atoms with Crippen LogP contribution in [0.5, 0.6) is 0 Å². The molecule has 1 aliphatic rings. The Labute approximate surface area is 223 Å². The highest BCUT2D eigenvalue weighted by molar-refractivity contribution is 5.96. The van der Waals surface area contributed by atoms with Crippen LogP contribution in [0, 0.1) is 0 Å². The van der Waals surface area contributed by atoms with Crippen molar-refractivity contribution in [1.82, 2.24) is 14.8 Å². The number of hydrogen-bond donors (Lipinski definition) is 2. The molecule has 3 aromatic carbocycles. The van der Waals surface area contributed by atoms with E-state index >= 15 is 0 Å². The Hall–Kier alpha value is -4.53. The van der Waals surface area contributed by atoms with E-state index in [1.54, 1.807) is 15.9 Å². The Morgan fingerprint density at radius 1 is 1.00 bits per heavy atom. The lowest BCUT2D eigenvalue weighted by molar-refractivity contribution is -0.137. The van der Waals surface area contributed by atoms with Gasteiger partial charge in [-0.3, -0.25) is 9.59 Å². The van der Waals surface area contributed by atoms with Crippen molar-refractivity contribution in [2.24, 2.45) is 0 Å².